The number of hydrogen-bond donors (Lipinski definition) is 1. The van der Waals surface area contributed by atoms with Gasteiger partial charge in [0.1, 0.15) is 5.75 Å². The third-order valence-electron chi connectivity index (χ3n) is 2.85. The van der Waals surface area contributed by atoms with Gasteiger partial charge in [0.2, 0.25) is 0 Å². The number of hydrogen-bond acceptors (Lipinski definition) is 3. The van der Waals surface area contributed by atoms with E-state index < -0.39 is 0 Å². The Morgan fingerprint density at radius 2 is 2.22 bits per heavy atom. The summed E-state index contributed by atoms with van der Waals surface area (Å²) in [5.41, 5.74) is 6.27. The SMILES string of the molecule is COc1cc2c(=O)ccn(CCCN)c2cc1Cl. The van der Waals surface area contributed by atoms with E-state index in [4.69, 9.17) is 22.1 Å². The molecule has 0 aliphatic rings. The standard InChI is InChI=1S/C13H15ClN2O2/c1-18-13-7-9-11(8-10(13)14)16(5-2-4-15)6-3-12(9)17/h3,6-8H,2,4-5,15H2,1H3. The summed E-state index contributed by atoms with van der Waals surface area (Å²) in [5, 5.41) is 1.10. The van der Waals surface area contributed by atoms with Crippen molar-refractivity contribution in [2.24, 2.45) is 5.73 Å². The van der Waals surface area contributed by atoms with E-state index in [1.165, 1.54) is 7.11 Å². The Kier molecular flexibility index (Phi) is 3.89. The van der Waals surface area contributed by atoms with Crippen LogP contribution in [0.1, 0.15) is 6.42 Å². The predicted molar refractivity (Wildman–Crippen MR) is 73.4 cm³/mol. The molecule has 0 radical (unpaired) electrons. The number of nitrogens with two attached hydrogens (primary N) is 1. The summed E-state index contributed by atoms with van der Waals surface area (Å²) >= 11 is 6.10. The normalized spacial score (nSPS) is 10.8. The largest absolute Gasteiger partial charge is 0.495 e. The van der Waals surface area contributed by atoms with Crippen LogP contribution in [-0.4, -0.2) is 18.2 Å². The third kappa shape index (κ3) is 2.35. The number of halogens is 1. The lowest BCUT2D eigenvalue weighted by Crippen LogP contribution is -2.11. The first-order valence-corrected chi connectivity index (χ1v) is 6.12. The Morgan fingerprint density at radius 1 is 1.44 bits per heavy atom. The molecule has 0 fully saturated rings. The molecule has 4 nitrogen and oxygen atoms in total. The second-order valence-corrected chi connectivity index (χ2v) is 4.43. The van der Waals surface area contributed by atoms with Gasteiger partial charge in [0, 0.05) is 24.2 Å². The number of aryl methyl sites for hydroxylation is 1. The lowest BCUT2D eigenvalue weighted by Gasteiger charge is -2.12. The second kappa shape index (κ2) is 5.42. The molecule has 2 rings (SSSR count). The molecule has 2 N–H and O–H groups in total. The zero-order valence-electron chi connectivity index (χ0n) is 10.1. The molecule has 0 amide bonds. The Hall–Kier alpha value is -1.52. The molecule has 0 aliphatic heterocycles. The fourth-order valence-electron chi connectivity index (χ4n) is 1.92. The van der Waals surface area contributed by atoms with E-state index in [1.807, 2.05) is 4.57 Å². The lowest BCUT2D eigenvalue weighted by molar-refractivity contribution is 0.415. The van der Waals surface area contributed by atoms with E-state index in [1.54, 1.807) is 24.4 Å². The zero-order valence-corrected chi connectivity index (χ0v) is 10.9. The van der Waals surface area contributed by atoms with Gasteiger partial charge in [0.25, 0.3) is 0 Å². The van der Waals surface area contributed by atoms with Gasteiger partial charge in [0.15, 0.2) is 5.43 Å². The number of aromatic nitrogens is 1. The number of rotatable bonds is 4. The monoisotopic (exact) mass is 266 g/mol. The first kappa shape index (κ1) is 12.9. The Labute approximate surface area is 110 Å². The Balaban J connectivity index is 2.65. The van der Waals surface area contributed by atoms with Crippen LogP contribution in [0.3, 0.4) is 0 Å². The van der Waals surface area contributed by atoms with Crippen molar-refractivity contribution in [1.82, 2.24) is 4.57 Å². The van der Waals surface area contributed by atoms with Gasteiger partial charge >= 0.3 is 0 Å². The van der Waals surface area contributed by atoms with Gasteiger partial charge in [-0.3, -0.25) is 4.79 Å². The topological polar surface area (TPSA) is 57.2 Å². The molecule has 0 unspecified atom stereocenters. The number of ether oxygens (including phenoxy) is 1. The average molecular weight is 267 g/mol. The summed E-state index contributed by atoms with van der Waals surface area (Å²) < 4.78 is 7.11. The van der Waals surface area contributed by atoms with Crippen LogP contribution >= 0.6 is 11.6 Å². The van der Waals surface area contributed by atoms with Gasteiger partial charge in [0.05, 0.1) is 17.6 Å². The van der Waals surface area contributed by atoms with E-state index >= 15 is 0 Å². The van der Waals surface area contributed by atoms with E-state index in [-0.39, 0.29) is 5.43 Å². The minimum Gasteiger partial charge on any atom is -0.495 e. The highest BCUT2D eigenvalue weighted by Crippen LogP contribution is 2.28. The maximum Gasteiger partial charge on any atom is 0.189 e. The van der Waals surface area contributed by atoms with E-state index in [2.05, 4.69) is 0 Å². The van der Waals surface area contributed by atoms with Crippen LogP contribution in [0.4, 0.5) is 0 Å². The predicted octanol–water partition coefficient (Wildman–Crippen LogP) is 2.01. The van der Waals surface area contributed by atoms with Crippen molar-refractivity contribution in [1.29, 1.82) is 0 Å². The third-order valence-corrected chi connectivity index (χ3v) is 3.15. The maximum atomic E-state index is 11.8. The molecule has 2 aromatic rings. The van der Waals surface area contributed by atoms with Crippen LogP contribution in [-0.2, 0) is 6.54 Å². The molecule has 1 aromatic heterocycles. The van der Waals surface area contributed by atoms with Gasteiger partial charge < -0.3 is 15.0 Å². The highest BCUT2D eigenvalue weighted by molar-refractivity contribution is 6.32. The fourth-order valence-corrected chi connectivity index (χ4v) is 2.15. The van der Waals surface area contributed by atoms with Gasteiger partial charge in [-0.15, -0.1) is 0 Å². The average Bonchev–Trinajstić information content (AvgIpc) is 2.37. The van der Waals surface area contributed by atoms with Crippen molar-refractivity contribution >= 4 is 22.5 Å². The number of methoxy groups -OCH3 is 1. The summed E-state index contributed by atoms with van der Waals surface area (Å²) in [6.07, 6.45) is 2.62. The van der Waals surface area contributed by atoms with Crippen LogP contribution in [0.5, 0.6) is 5.75 Å². The van der Waals surface area contributed by atoms with E-state index in [9.17, 15) is 4.79 Å². The number of nitrogens with zero attached hydrogens (tertiary/aromatic N) is 1. The Morgan fingerprint density at radius 3 is 2.89 bits per heavy atom. The lowest BCUT2D eigenvalue weighted by atomic mass is 10.2. The molecule has 1 aromatic carbocycles. The van der Waals surface area contributed by atoms with Crippen LogP contribution in [0.25, 0.3) is 10.9 Å². The zero-order chi connectivity index (χ0) is 13.1. The molecule has 0 saturated carbocycles. The van der Waals surface area contributed by atoms with Gasteiger partial charge in [-0.25, -0.2) is 0 Å². The molecule has 18 heavy (non-hydrogen) atoms. The van der Waals surface area contributed by atoms with Gasteiger partial charge in [-0.2, -0.15) is 0 Å². The van der Waals surface area contributed by atoms with E-state index in [0.29, 0.717) is 22.7 Å². The first-order chi connectivity index (χ1) is 8.67. The number of fused-ring (bicyclic) bond motifs is 1. The van der Waals surface area contributed by atoms with Crippen LogP contribution in [0.15, 0.2) is 29.2 Å². The van der Waals surface area contributed by atoms with Gasteiger partial charge in [-0.05, 0) is 25.1 Å². The number of benzene rings is 1. The number of pyridine rings is 1. The van der Waals surface area contributed by atoms with Crippen molar-refractivity contribution in [3.8, 4) is 5.75 Å². The molecule has 0 atom stereocenters. The smallest absolute Gasteiger partial charge is 0.189 e. The highest BCUT2D eigenvalue weighted by Gasteiger charge is 2.08. The first-order valence-electron chi connectivity index (χ1n) is 5.74. The quantitative estimate of drug-likeness (QED) is 0.921. The molecule has 5 heteroatoms. The fraction of sp³-hybridized carbons (Fsp3) is 0.308. The van der Waals surface area contributed by atoms with Crippen molar-refractivity contribution in [3.05, 3.63) is 39.6 Å². The molecule has 1 heterocycles. The van der Waals surface area contributed by atoms with Crippen LogP contribution in [0.2, 0.25) is 5.02 Å². The summed E-state index contributed by atoms with van der Waals surface area (Å²) in [4.78, 5) is 11.8. The van der Waals surface area contributed by atoms with Crippen molar-refractivity contribution in [2.75, 3.05) is 13.7 Å². The molecular weight excluding hydrogens is 252 g/mol. The minimum absolute atomic E-state index is 0.0380. The minimum atomic E-state index is -0.0380. The van der Waals surface area contributed by atoms with Crippen LogP contribution < -0.4 is 15.9 Å². The Bertz CT molecular complexity index is 622. The summed E-state index contributed by atoms with van der Waals surface area (Å²) in [7, 11) is 1.53. The molecule has 0 aliphatic carbocycles. The highest BCUT2D eigenvalue weighted by atomic mass is 35.5. The van der Waals surface area contributed by atoms with Gasteiger partial charge in [-0.1, -0.05) is 11.6 Å². The molecule has 96 valence electrons. The van der Waals surface area contributed by atoms with Crippen molar-refractivity contribution in [3.63, 3.8) is 0 Å². The van der Waals surface area contributed by atoms with Crippen molar-refractivity contribution in [2.45, 2.75) is 13.0 Å². The second-order valence-electron chi connectivity index (χ2n) is 4.02. The summed E-state index contributed by atoms with van der Waals surface area (Å²) in [6.45, 7) is 1.37. The van der Waals surface area contributed by atoms with Crippen LogP contribution in [0, 0.1) is 0 Å². The molecule has 0 saturated heterocycles. The molecular formula is C13H15ClN2O2. The van der Waals surface area contributed by atoms with Crippen molar-refractivity contribution < 1.29 is 4.74 Å². The van der Waals surface area contributed by atoms with E-state index in [0.717, 1.165) is 18.5 Å². The molecule has 0 spiro atoms. The maximum absolute atomic E-state index is 11.8. The summed E-state index contributed by atoms with van der Waals surface area (Å²) in [6, 6.07) is 4.98. The summed E-state index contributed by atoms with van der Waals surface area (Å²) in [5.74, 6) is 0.512. The molecule has 0 bridgehead atoms.